The minimum Gasteiger partial charge on any atom is -0.375 e. The van der Waals surface area contributed by atoms with Crippen LogP contribution in [-0.2, 0) is 27.9 Å². The van der Waals surface area contributed by atoms with Gasteiger partial charge < -0.3 is 4.74 Å². The van der Waals surface area contributed by atoms with Crippen LogP contribution in [0.5, 0.6) is 0 Å². The van der Waals surface area contributed by atoms with Gasteiger partial charge in [-0.1, -0.05) is 78.9 Å². The van der Waals surface area contributed by atoms with Crippen molar-refractivity contribution in [3.63, 3.8) is 0 Å². The number of ether oxygens (including phenoxy) is 1. The predicted molar refractivity (Wildman–Crippen MR) is 123 cm³/mol. The van der Waals surface area contributed by atoms with Gasteiger partial charge in [0.05, 0.1) is 24.2 Å². The second-order valence-electron chi connectivity index (χ2n) is 6.77. The Kier molecular flexibility index (Phi) is 7.99. The van der Waals surface area contributed by atoms with Gasteiger partial charge in [0.15, 0.2) is 0 Å². The highest BCUT2D eigenvalue weighted by Gasteiger charge is 2.31. The third-order valence-corrected chi connectivity index (χ3v) is 7.53. The first-order valence-corrected chi connectivity index (χ1v) is 11.8. The average Bonchev–Trinajstić information content (AvgIpc) is 2.77. The normalized spacial score (nSPS) is 12.6. The maximum Gasteiger partial charge on any atom is 0.245 e. The smallest absolute Gasteiger partial charge is 0.245 e. The first-order chi connectivity index (χ1) is 14.5. The Bertz CT molecular complexity index is 1060. The zero-order valence-electron chi connectivity index (χ0n) is 16.5. The summed E-state index contributed by atoms with van der Waals surface area (Å²) in [5.74, 6) is 0. The van der Waals surface area contributed by atoms with Crippen molar-refractivity contribution in [1.29, 1.82) is 0 Å². The van der Waals surface area contributed by atoms with Gasteiger partial charge in [0.25, 0.3) is 0 Å². The van der Waals surface area contributed by atoms with Crippen LogP contribution in [0.4, 0.5) is 0 Å². The number of sulfonamides is 1. The Morgan fingerprint density at radius 3 is 2.07 bits per heavy atom. The Morgan fingerprint density at radius 2 is 1.47 bits per heavy atom. The van der Waals surface area contributed by atoms with E-state index in [-0.39, 0.29) is 18.0 Å². The fraction of sp³-hybridized carbons (Fsp3) is 0.167. The molecule has 0 heterocycles. The molecule has 0 fully saturated rings. The second kappa shape index (κ2) is 10.7. The van der Waals surface area contributed by atoms with Crippen molar-refractivity contribution >= 4 is 26.0 Å². The van der Waals surface area contributed by atoms with Gasteiger partial charge in [-0.05, 0) is 39.2 Å². The molecule has 0 saturated heterocycles. The third kappa shape index (κ3) is 5.67. The molecule has 0 spiro atoms. The predicted octanol–water partition coefficient (Wildman–Crippen LogP) is 5.41. The molecule has 0 amide bonds. The summed E-state index contributed by atoms with van der Waals surface area (Å²) in [6.07, 6.45) is 1.63. The summed E-state index contributed by atoms with van der Waals surface area (Å²) in [7, 11) is -3.80. The first-order valence-electron chi connectivity index (χ1n) is 9.57. The molecule has 3 aromatic rings. The first kappa shape index (κ1) is 22.4. The molecule has 30 heavy (non-hydrogen) atoms. The molecule has 4 nitrogen and oxygen atoms in total. The minimum atomic E-state index is -3.80. The van der Waals surface area contributed by atoms with Gasteiger partial charge in [0, 0.05) is 11.0 Å². The largest absolute Gasteiger partial charge is 0.375 e. The van der Waals surface area contributed by atoms with Gasteiger partial charge in [-0.2, -0.15) is 4.31 Å². The molecule has 0 aromatic heterocycles. The highest BCUT2D eigenvalue weighted by molar-refractivity contribution is 9.10. The van der Waals surface area contributed by atoms with Crippen LogP contribution < -0.4 is 0 Å². The Balaban J connectivity index is 1.87. The van der Waals surface area contributed by atoms with Crippen LogP contribution in [0.25, 0.3) is 0 Å². The van der Waals surface area contributed by atoms with Crippen LogP contribution in [0, 0.1) is 0 Å². The van der Waals surface area contributed by atoms with Crippen molar-refractivity contribution in [2.45, 2.75) is 24.1 Å². The summed E-state index contributed by atoms with van der Waals surface area (Å²) in [6, 6.07) is 25.6. The Labute approximate surface area is 187 Å². The highest BCUT2D eigenvalue weighted by atomic mass is 79.9. The van der Waals surface area contributed by atoms with E-state index in [4.69, 9.17) is 4.74 Å². The standard InChI is InChI=1S/C24H24BrNO3S/c1-2-22(19-29-18-21-13-7-4-8-14-21)26(17-20-11-5-3-6-12-20)30(27,28)24-16-10-9-15-23(24)25/h2-16,22H,1,17-19H2/t22-/m1/s1. The Hall–Kier alpha value is -2.25. The quantitative estimate of drug-likeness (QED) is 0.360. The van der Waals surface area contributed by atoms with Crippen molar-refractivity contribution < 1.29 is 13.2 Å². The van der Waals surface area contributed by atoms with E-state index in [0.717, 1.165) is 11.1 Å². The van der Waals surface area contributed by atoms with Gasteiger partial charge in [-0.3, -0.25) is 0 Å². The van der Waals surface area contributed by atoms with Crippen molar-refractivity contribution in [1.82, 2.24) is 4.31 Å². The summed E-state index contributed by atoms with van der Waals surface area (Å²) >= 11 is 3.38. The molecule has 1 atom stereocenters. The lowest BCUT2D eigenvalue weighted by Gasteiger charge is -2.29. The van der Waals surface area contributed by atoms with Crippen molar-refractivity contribution in [2.75, 3.05) is 6.61 Å². The zero-order chi connectivity index (χ0) is 21.4. The number of hydrogen-bond acceptors (Lipinski definition) is 3. The molecule has 0 N–H and O–H groups in total. The topological polar surface area (TPSA) is 46.6 Å². The van der Waals surface area contributed by atoms with Crippen LogP contribution in [0.2, 0.25) is 0 Å². The number of hydrogen-bond donors (Lipinski definition) is 0. The van der Waals surface area contributed by atoms with E-state index in [1.807, 2.05) is 60.7 Å². The summed E-state index contributed by atoms with van der Waals surface area (Å²) in [6.45, 7) is 4.70. The fourth-order valence-electron chi connectivity index (χ4n) is 3.06. The second-order valence-corrected chi connectivity index (χ2v) is 9.48. The zero-order valence-corrected chi connectivity index (χ0v) is 18.9. The molecule has 0 unspecified atom stereocenters. The van der Waals surface area contributed by atoms with Crippen molar-refractivity contribution in [3.8, 4) is 0 Å². The van der Waals surface area contributed by atoms with Crippen molar-refractivity contribution in [3.05, 3.63) is 113 Å². The number of nitrogens with zero attached hydrogens (tertiary/aromatic N) is 1. The van der Waals surface area contributed by atoms with E-state index in [9.17, 15) is 8.42 Å². The minimum absolute atomic E-state index is 0.203. The van der Waals surface area contributed by atoms with Gasteiger partial charge in [0.2, 0.25) is 10.0 Å². The molecule has 0 aliphatic rings. The molecule has 6 heteroatoms. The molecular weight excluding hydrogens is 462 g/mol. The molecule has 0 aliphatic carbocycles. The summed E-state index contributed by atoms with van der Waals surface area (Å²) in [5.41, 5.74) is 1.92. The van der Waals surface area contributed by atoms with Crippen LogP contribution >= 0.6 is 15.9 Å². The van der Waals surface area contributed by atoms with E-state index in [1.54, 1.807) is 30.3 Å². The van der Waals surface area contributed by atoms with Crippen LogP contribution in [0.1, 0.15) is 11.1 Å². The number of benzene rings is 3. The number of rotatable bonds is 10. The lowest BCUT2D eigenvalue weighted by molar-refractivity contribution is 0.0896. The highest BCUT2D eigenvalue weighted by Crippen LogP contribution is 2.28. The fourth-order valence-corrected chi connectivity index (χ4v) is 5.60. The third-order valence-electron chi connectivity index (χ3n) is 4.65. The lowest BCUT2D eigenvalue weighted by atomic mass is 10.2. The molecule has 0 aliphatic heterocycles. The summed E-state index contributed by atoms with van der Waals surface area (Å²) < 4.78 is 35.0. The molecular formula is C24H24BrNO3S. The lowest BCUT2D eigenvalue weighted by Crippen LogP contribution is -2.41. The maximum absolute atomic E-state index is 13.6. The number of halogens is 1. The van der Waals surface area contributed by atoms with E-state index in [0.29, 0.717) is 11.1 Å². The average molecular weight is 486 g/mol. The van der Waals surface area contributed by atoms with Crippen LogP contribution in [0.15, 0.2) is 107 Å². The van der Waals surface area contributed by atoms with Crippen LogP contribution in [0.3, 0.4) is 0 Å². The van der Waals surface area contributed by atoms with E-state index in [2.05, 4.69) is 22.5 Å². The van der Waals surface area contributed by atoms with Crippen LogP contribution in [-0.4, -0.2) is 25.4 Å². The molecule has 0 bridgehead atoms. The van der Waals surface area contributed by atoms with Crippen molar-refractivity contribution in [2.24, 2.45) is 0 Å². The summed E-state index contributed by atoms with van der Waals surface area (Å²) in [4.78, 5) is 0.218. The van der Waals surface area contributed by atoms with Gasteiger partial charge in [0.1, 0.15) is 0 Å². The van der Waals surface area contributed by atoms with Gasteiger partial charge in [-0.15, -0.1) is 6.58 Å². The van der Waals surface area contributed by atoms with Gasteiger partial charge in [-0.25, -0.2) is 8.42 Å². The molecule has 156 valence electrons. The monoisotopic (exact) mass is 485 g/mol. The van der Waals surface area contributed by atoms with E-state index < -0.39 is 16.1 Å². The SMILES string of the molecule is C=C[C@H](COCc1ccccc1)N(Cc1ccccc1)S(=O)(=O)c1ccccc1Br. The molecule has 0 radical (unpaired) electrons. The molecule has 0 saturated carbocycles. The van der Waals surface area contributed by atoms with E-state index in [1.165, 1.54) is 4.31 Å². The molecule has 3 rings (SSSR count). The Morgan fingerprint density at radius 1 is 0.900 bits per heavy atom. The van der Waals surface area contributed by atoms with Gasteiger partial charge >= 0.3 is 0 Å². The molecule has 3 aromatic carbocycles. The van der Waals surface area contributed by atoms with E-state index >= 15 is 0 Å². The maximum atomic E-state index is 13.6. The summed E-state index contributed by atoms with van der Waals surface area (Å²) in [5, 5.41) is 0.